The van der Waals surface area contributed by atoms with Crippen LogP contribution in [0.5, 0.6) is 0 Å². The van der Waals surface area contributed by atoms with E-state index in [-0.39, 0.29) is 30.7 Å². The monoisotopic (exact) mass is 613 g/mol. The molecule has 1 fully saturated rings. The number of hydrogen-bond acceptors (Lipinski definition) is 7. The number of hydrogen-bond donors (Lipinski definition) is 3. The van der Waals surface area contributed by atoms with Crippen molar-refractivity contribution in [2.24, 2.45) is 30.4 Å². The number of rotatable bonds is 9. The largest absolute Gasteiger partial charge is 0.368 e. The summed E-state index contributed by atoms with van der Waals surface area (Å²) in [5.74, 6) is 0.0184. The standard InChI is InChI=1S/C32H35N9O2.ClH/c1-40-19-35-27-15-12-25(17-28(27)40)22-6-2-20(3-7-22)16-29(30(34)42)41(32(43)24-8-4-21(18-33)5-9-24)26-13-10-23(11-14-26)31-36-38-39-37-31;/h2-3,6-7,10-15,17,19,21,24,29H,4-5,8-9,16,18,33H2,1H3,(H2,34,42)(H,36,37,38,39);1H/t21?,24?,29-;/m0./s1. The molecule has 0 spiro atoms. The van der Waals surface area contributed by atoms with Crippen molar-refractivity contribution < 1.29 is 9.59 Å². The molecule has 11 nitrogen and oxygen atoms in total. The van der Waals surface area contributed by atoms with Gasteiger partial charge in [0.25, 0.3) is 0 Å². The second kappa shape index (κ2) is 13.4. The number of aromatic nitrogens is 6. The van der Waals surface area contributed by atoms with Crippen LogP contribution >= 0.6 is 12.4 Å². The zero-order chi connectivity index (χ0) is 29.9. The number of nitrogens with one attached hydrogen (secondary N) is 1. The molecule has 0 bridgehead atoms. The molecule has 1 aliphatic rings. The molecule has 1 saturated carbocycles. The van der Waals surface area contributed by atoms with E-state index in [9.17, 15) is 9.59 Å². The third kappa shape index (κ3) is 6.34. The Balaban J connectivity index is 0.00000384. The van der Waals surface area contributed by atoms with Gasteiger partial charge in [0.15, 0.2) is 0 Å². The summed E-state index contributed by atoms with van der Waals surface area (Å²) in [5, 5.41) is 14.1. The molecule has 3 aromatic carbocycles. The minimum Gasteiger partial charge on any atom is -0.368 e. The molecule has 2 aromatic heterocycles. The van der Waals surface area contributed by atoms with Crippen LogP contribution in [-0.2, 0) is 23.1 Å². The highest BCUT2D eigenvalue weighted by atomic mass is 35.5. The van der Waals surface area contributed by atoms with Gasteiger partial charge in [-0.3, -0.25) is 14.5 Å². The lowest BCUT2D eigenvalue weighted by Gasteiger charge is -2.35. The van der Waals surface area contributed by atoms with Crippen LogP contribution in [0, 0.1) is 11.8 Å². The zero-order valence-corrected chi connectivity index (χ0v) is 25.3. The highest BCUT2D eigenvalue weighted by Gasteiger charge is 2.36. The number of aryl methyl sites for hydroxylation is 1. The average molecular weight is 614 g/mol. The number of nitrogens with zero attached hydrogens (tertiary/aromatic N) is 6. The third-order valence-electron chi connectivity index (χ3n) is 8.60. The van der Waals surface area contributed by atoms with Gasteiger partial charge in [0.2, 0.25) is 17.6 Å². The van der Waals surface area contributed by atoms with Crippen LogP contribution in [0.4, 0.5) is 5.69 Å². The number of tetrazole rings is 1. The maximum atomic E-state index is 14.1. The van der Waals surface area contributed by atoms with Crippen LogP contribution in [0.3, 0.4) is 0 Å². The second-order valence-corrected chi connectivity index (χ2v) is 11.3. The van der Waals surface area contributed by atoms with Crippen LogP contribution in [0.2, 0.25) is 0 Å². The van der Waals surface area contributed by atoms with Gasteiger partial charge in [0.1, 0.15) is 6.04 Å². The number of imidazole rings is 1. The van der Waals surface area contributed by atoms with Crippen molar-refractivity contribution in [2.45, 2.75) is 38.1 Å². The van der Waals surface area contributed by atoms with E-state index in [0.717, 1.165) is 59.0 Å². The lowest BCUT2D eigenvalue weighted by atomic mass is 9.81. The third-order valence-corrected chi connectivity index (χ3v) is 8.60. The quantitative estimate of drug-likeness (QED) is 0.226. The molecule has 0 aliphatic heterocycles. The normalized spacial score (nSPS) is 17.1. The first-order valence-electron chi connectivity index (χ1n) is 14.6. The van der Waals surface area contributed by atoms with Crippen LogP contribution in [0.1, 0.15) is 31.2 Å². The molecule has 5 N–H and O–H groups in total. The number of carbonyl (C=O) groups excluding carboxylic acids is 2. The summed E-state index contributed by atoms with van der Waals surface area (Å²) in [6.45, 7) is 0.623. The first kappa shape index (κ1) is 30.8. The van der Waals surface area contributed by atoms with Gasteiger partial charge in [-0.2, -0.15) is 5.21 Å². The molecule has 0 unspecified atom stereocenters. The van der Waals surface area contributed by atoms with Gasteiger partial charge in [-0.15, -0.1) is 22.6 Å². The number of primary amides is 1. The number of H-pyrrole nitrogens is 1. The Morgan fingerprint density at radius 3 is 2.30 bits per heavy atom. The number of benzene rings is 3. The predicted molar refractivity (Wildman–Crippen MR) is 172 cm³/mol. The van der Waals surface area contributed by atoms with E-state index in [1.807, 2.05) is 66.2 Å². The summed E-state index contributed by atoms with van der Waals surface area (Å²) in [4.78, 5) is 33.2. The van der Waals surface area contributed by atoms with Crippen molar-refractivity contribution in [1.29, 1.82) is 0 Å². The van der Waals surface area contributed by atoms with Crippen molar-refractivity contribution in [2.75, 3.05) is 11.4 Å². The van der Waals surface area contributed by atoms with Crippen LogP contribution in [-0.4, -0.2) is 54.6 Å². The fourth-order valence-electron chi connectivity index (χ4n) is 6.04. The van der Waals surface area contributed by atoms with E-state index >= 15 is 0 Å². The summed E-state index contributed by atoms with van der Waals surface area (Å²) in [6, 6.07) is 20.6. The Labute approximate surface area is 261 Å². The minimum atomic E-state index is -0.868. The number of amides is 2. The molecule has 1 aliphatic carbocycles. The fourth-order valence-corrected chi connectivity index (χ4v) is 6.04. The van der Waals surface area contributed by atoms with E-state index in [1.165, 1.54) is 0 Å². The van der Waals surface area contributed by atoms with Crippen LogP contribution in [0.15, 0.2) is 73.1 Å². The molecule has 44 heavy (non-hydrogen) atoms. The number of halogens is 1. The van der Waals surface area contributed by atoms with Crippen LogP contribution in [0.25, 0.3) is 33.5 Å². The smallest absolute Gasteiger partial charge is 0.240 e. The summed E-state index contributed by atoms with van der Waals surface area (Å²) in [6.07, 6.45) is 5.35. The van der Waals surface area contributed by atoms with Gasteiger partial charge < -0.3 is 16.0 Å². The molecule has 12 heteroatoms. The number of fused-ring (bicyclic) bond motifs is 1. The Bertz CT molecular complexity index is 1710. The fraction of sp³-hybridized carbons (Fsp3) is 0.312. The highest BCUT2D eigenvalue weighted by Crippen LogP contribution is 2.33. The van der Waals surface area contributed by atoms with E-state index < -0.39 is 11.9 Å². The molecule has 1 atom stereocenters. The Hall–Kier alpha value is -4.61. The Morgan fingerprint density at radius 1 is 0.977 bits per heavy atom. The number of aromatic amines is 1. The second-order valence-electron chi connectivity index (χ2n) is 11.3. The molecular formula is C32H36ClN9O2. The molecule has 6 rings (SSSR count). The maximum absolute atomic E-state index is 14.1. The van der Waals surface area contributed by atoms with Gasteiger partial charge in [0, 0.05) is 30.6 Å². The predicted octanol–water partition coefficient (Wildman–Crippen LogP) is 4.04. The van der Waals surface area contributed by atoms with Crippen molar-refractivity contribution in [3.63, 3.8) is 0 Å². The van der Waals surface area contributed by atoms with Gasteiger partial charge in [-0.25, -0.2) is 4.98 Å². The topological polar surface area (TPSA) is 162 Å². The average Bonchev–Trinajstić information content (AvgIpc) is 3.71. The molecule has 5 aromatic rings. The van der Waals surface area contributed by atoms with E-state index in [4.69, 9.17) is 11.5 Å². The number of carbonyl (C=O) groups is 2. The first-order valence-corrected chi connectivity index (χ1v) is 14.6. The Kier molecular flexibility index (Phi) is 9.36. The van der Waals surface area contributed by atoms with Crippen molar-refractivity contribution in [1.82, 2.24) is 30.2 Å². The highest BCUT2D eigenvalue weighted by molar-refractivity contribution is 6.01. The zero-order valence-electron chi connectivity index (χ0n) is 24.5. The number of anilines is 1. The van der Waals surface area contributed by atoms with E-state index in [2.05, 4.69) is 37.7 Å². The number of nitrogens with two attached hydrogens (primary N) is 2. The minimum absolute atomic E-state index is 0. The lowest BCUT2D eigenvalue weighted by molar-refractivity contribution is -0.127. The molecule has 2 amide bonds. The van der Waals surface area contributed by atoms with Crippen molar-refractivity contribution in [3.05, 3.63) is 78.6 Å². The van der Waals surface area contributed by atoms with Crippen molar-refractivity contribution in [3.8, 4) is 22.5 Å². The molecule has 0 radical (unpaired) electrons. The maximum Gasteiger partial charge on any atom is 0.240 e. The first-order chi connectivity index (χ1) is 20.9. The molecular weight excluding hydrogens is 578 g/mol. The lowest BCUT2D eigenvalue weighted by Crippen LogP contribution is -2.52. The SMILES string of the molecule is Cl.Cn1cnc2ccc(-c3ccc(C[C@@H](C(N)=O)N(C(=O)C4CCC(CN)CC4)c4ccc(-c5nn[nH]n5)cc4)cc3)cc21. The molecule has 2 heterocycles. The van der Waals surface area contributed by atoms with E-state index in [0.29, 0.717) is 24.0 Å². The summed E-state index contributed by atoms with van der Waals surface area (Å²) < 4.78 is 1.99. The van der Waals surface area contributed by atoms with Gasteiger partial charge in [-0.05, 0) is 96.4 Å². The van der Waals surface area contributed by atoms with Gasteiger partial charge in [0.05, 0.1) is 17.4 Å². The van der Waals surface area contributed by atoms with Crippen molar-refractivity contribution >= 4 is 40.9 Å². The summed E-state index contributed by atoms with van der Waals surface area (Å²) in [5.41, 5.74) is 18.3. The molecule has 228 valence electrons. The van der Waals surface area contributed by atoms with Gasteiger partial charge >= 0.3 is 0 Å². The van der Waals surface area contributed by atoms with Crippen LogP contribution < -0.4 is 16.4 Å². The summed E-state index contributed by atoms with van der Waals surface area (Å²) in [7, 11) is 1.97. The van der Waals surface area contributed by atoms with E-state index in [1.54, 1.807) is 11.2 Å². The molecule has 0 saturated heterocycles. The van der Waals surface area contributed by atoms with Gasteiger partial charge in [-0.1, -0.05) is 30.3 Å². The summed E-state index contributed by atoms with van der Waals surface area (Å²) >= 11 is 0. The Morgan fingerprint density at radius 2 is 1.66 bits per heavy atom.